The van der Waals surface area contributed by atoms with Crippen LogP contribution < -0.4 is 10.9 Å². The van der Waals surface area contributed by atoms with E-state index in [1.807, 2.05) is 26.8 Å². The molecule has 3 aromatic rings. The van der Waals surface area contributed by atoms with Crippen molar-refractivity contribution in [1.29, 1.82) is 0 Å². The van der Waals surface area contributed by atoms with E-state index in [1.54, 1.807) is 37.6 Å². The van der Waals surface area contributed by atoms with Crippen LogP contribution in [0.25, 0.3) is 10.8 Å². The van der Waals surface area contributed by atoms with E-state index in [4.69, 9.17) is 0 Å². The van der Waals surface area contributed by atoms with Gasteiger partial charge in [0.05, 0.1) is 35.6 Å². The number of hydrogen-bond acceptors (Lipinski definition) is 5. The summed E-state index contributed by atoms with van der Waals surface area (Å²) in [6.07, 6.45) is 3.24. The SMILES string of the molecule is Cn1nc(CC(=O)Nc2cnc(C(C)(C)C)nc2)c2ccccc2c1=O. The topological polar surface area (TPSA) is 89.8 Å². The third-order valence-corrected chi connectivity index (χ3v) is 3.97. The predicted octanol–water partition coefficient (Wildman–Crippen LogP) is 2.20. The molecule has 0 unspecified atom stereocenters. The molecule has 0 spiro atoms. The van der Waals surface area contributed by atoms with Crippen molar-refractivity contribution < 1.29 is 4.79 Å². The van der Waals surface area contributed by atoms with Gasteiger partial charge in [-0.3, -0.25) is 9.59 Å². The molecule has 7 nitrogen and oxygen atoms in total. The van der Waals surface area contributed by atoms with Crippen LogP contribution in [-0.4, -0.2) is 25.7 Å². The van der Waals surface area contributed by atoms with Gasteiger partial charge in [0.25, 0.3) is 5.56 Å². The number of nitrogens with one attached hydrogen (secondary N) is 1. The monoisotopic (exact) mass is 351 g/mol. The number of fused-ring (bicyclic) bond motifs is 1. The van der Waals surface area contributed by atoms with E-state index in [2.05, 4.69) is 20.4 Å². The lowest BCUT2D eigenvalue weighted by Gasteiger charge is -2.16. The molecule has 0 saturated carbocycles. The Morgan fingerprint density at radius 1 is 1.12 bits per heavy atom. The molecule has 0 bridgehead atoms. The first kappa shape index (κ1) is 17.7. The van der Waals surface area contributed by atoms with Crippen LogP contribution in [0.3, 0.4) is 0 Å². The van der Waals surface area contributed by atoms with Crippen molar-refractivity contribution in [3.8, 4) is 0 Å². The van der Waals surface area contributed by atoms with Crippen LogP contribution in [0, 0.1) is 0 Å². The zero-order chi connectivity index (χ0) is 18.9. The Kier molecular flexibility index (Phi) is 4.54. The lowest BCUT2D eigenvalue weighted by atomic mass is 9.96. The van der Waals surface area contributed by atoms with Crippen molar-refractivity contribution >= 4 is 22.4 Å². The molecule has 0 aliphatic rings. The molecule has 134 valence electrons. The summed E-state index contributed by atoms with van der Waals surface area (Å²) >= 11 is 0. The maximum absolute atomic E-state index is 12.4. The Morgan fingerprint density at radius 2 is 1.73 bits per heavy atom. The predicted molar refractivity (Wildman–Crippen MR) is 100 cm³/mol. The number of benzene rings is 1. The van der Waals surface area contributed by atoms with Gasteiger partial charge in [-0.1, -0.05) is 39.0 Å². The molecule has 1 aromatic carbocycles. The summed E-state index contributed by atoms with van der Waals surface area (Å²) in [5, 5.41) is 8.25. The summed E-state index contributed by atoms with van der Waals surface area (Å²) in [6.45, 7) is 6.07. The van der Waals surface area contributed by atoms with Gasteiger partial charge in [-0.15, -0.1) is 0 Å². The summed E-state index contributed by atoms with van der Waals surface area (Å²) in [5.74, 6) is 0.467. The van der Waals surface area contributed by atoms with Crippen LogP contribution in [-0.2, 0) is 23.7 Å². The maximum Gasteiger partial charge on any atom is 0.274 e. The Balaban J connectivity index is 1.82. The zero-order valence-corrected chi connectivity index (χ0v) is 15.3. The highest BCUT2D eigenvalue weighted by Crippen LogP contribution is 2.18. The quantitative estimate of drug-likeness (QED) is 0.781. The highest BCUT2D eigenvalue weighted by atomic mass is 16.1. The molecule has 0 aliphatic carbocycles. The minimum Gasteiger partial charge on any atom is -0.323 e. The second-order valence-corrected chi connectivity index (χ2v) is 7.19. The lowest BCUT2D eigenvalue weighted by molar-refractivity contribution is -0.115. The molecule has 2 heterocycles. The summed E-state index contributed by atoms with van der Waals surface area (Å²) in [7, 11) is 1.58. The number of nitrogens with zero attached hydrogens (tertiary/aromatic N) is 4. The zero-order valence-electron chi connectivity index (χ0n) is 15.3. The van der Waals surface area contributed by atoms with Gasteiger partial charge in [0.1, 0.15) is 5.82 Å². The fourth-order valence-corrected chi connectivity index (χ4v) is 2.64. The molecule has 0 fully saturated rings. The van der Waals surface area contributed by atoms with E-state index in [0.29, 0.717) is 28.0 Å². The number of aromatic nitrogens is 4. The standard InChI is InChI=1S/C19H21N5O2/c1-19(2,3)18-20-10-12(11-21-18)22-16(25)9-15-13-7-5-6-8-14(13)17(26)24(4)23-15/h5-8,10-11H,9H2,1-4H3,(H,22,25). The summed E-state index contributed by atoms with van der Waals surface area (Å²) in [5.41, 5.74) is 0.737. The summed E-state index contributed by atoms with van der Waals surface area (Å²) in [4.78, 5) is 33.2. The Labute approximate surface area is 151 Å². The molecule has 7 heteroatoms. The van der Waals surface area contributed by atoms with Gasteiger partial charge in [0.15, 0.2) is 0 Å². The first-order valence-electron chi connectivity index (χ1n) is 8.33. The molecular formula is C19H21N5O2. The minimum absolute atomic E-state index is 0.0512. The molecule has 0 saturated heterocycles. The van der Waals surface area contributed by atoms with E-state index >= 15 is 0 Å². The van der Waals surface area contributed by atoms with E-state index < -0.39 is 0 Å². The van der Waals surface area contributed by atoms with Crippen LogP contribution in [0.15, 0.2) is 41.5 Å². The Hall–Kier alpha value is -3.09. The number of rotatable bonds is 3. The number of anilines is 1. The normalized spacial score (nSPS) is 11.5. The van der Waals surface area contributed by atoms with Crippen molar-refractivity contribution in [2.24, 2.45) is 7.05 Å². The fraction of sp³-hybridized carbons (Fsp3) is 0.316. The first-order valence-corrected chi connectivity index (χ1v) is 8.33. The van der Waals surface area contributed by atoms with Crippen LogP contribution in [0.4, 0.5) is 5.69 Å². The number of carbonyl (C=O) groups excluding carboxylic acids is 1. The molecule has 1 N–H and O–H groups in total. The van der Waals surface area contributed by atoms with Gasteiger partial charge in [-0.25, -0.2) is 14.6 Å². The second-order valence-electron chi connectivity index (χ2n) is 7.19. The molecule has 26 heavy (non-hydrogen) atoms. The molecule has 2 aromatic heterocycles. The van der Waals surface area contributed by atoms with E-state index in [0.717, 1.165) is 0 Å². The van der Waals surface area contributed by atoms with Crippen LogP contribution >= 0.6 is 0 Å². The van der Waals surface area contributed by atoms with E-state index in [1.165, 1.54) is 4.68 Å². The van der Waals surface area contributed by atoms with Crippen molar-refractivity contribution in [3.63, 3.8) is 0 Å². The smallest absolute Gasteiger partial charge is 0.274 e. The second kappa shape index (κ2) is 6.67. The third-order valence-electron chi connectivity index (χ3n) is 3.97. The van der Waals surface area contributed by atoms with Gasteiger partial charge < -0.3 is 5.32 Å². The number of amides is 1. The highest BCUT2D eigenvalue weighted by molar-refractivity contribution is 5.95. The van der Waals surface area contributed by atoms with Gasteiger partial charge >= 0.3 is 0 Å². The minimum atomic E-state index is -0.242. The van der Waals surface area contributed by atoms with Crippen molar-refractivity contribution in [2.45, 2.75) is 32.6 Å². The van der Waals surface area contributed by atoms with Gasteiger partial charge in [-0.2, -0.15) is 5.10 Å². The van der Waals surface area contributed by atoms with Crippen molar-refractivity contribution in [2.75, 3.05) is 5.32 Å². The van der Waals surface area contributed by atoms with Gasteiger partial charge in [-0.05, 0) is 6.07 Å². The molecule has 0 radical (unpaired) electrons. The maximum atomic E-state index is 12.4. The van der Waals surface area contributed by atoms with Gasteiger partial charge in [0.2, 0.25) is 5.91 Å². The lowest BCUT2D eigenvalue weighted by Crippen LogP contribution is -2.24. The number of hydrogen-bond donors (Lipinski definition) is 1. The molecule has 1 amide bonds. The van der Waals surface area contributed by atoms with Crippen molar-refractivity contribution in [1.82, 2.24) is 19.7 Å². The first-order chi connectivity index (χ1) is 12.3. The van der Waals surface area contributed by atoms with Gasteiger partial charge in [0, 0.05) is 17.8 Å². The third kappa shape index (κ3) is 3.61. The van der Waals surface area contributed by atoms with E-state index in [9.17, 15) is 9.59 Å². The Morgan fingerprint density at radius 3 is 2.35 bits per heavy atom. The highest BCUT2D eigenvalue weighted by Gasteiger charge is 2.17. The van der Waals surface area contributed by atoms with E-state index in [-0.39, 0.29) is 23.3 Å². The Bertz CT molecular complexity index is 1020. The molecule has 0 aliphatic heterocycles. The summed E-state index contributed by atoms with van der Waals surface area (Å²) < 4.78 is 1.26. The van der Waals surface area contributed by atoms with Crippen LogP contribution in [0.1, 0.15) is 32.3 Å². The molecule has 0 atom stereocenters. The number of aryl methyl sites for hydroxylation is 1. The molecule has 3 rings (SSSR count). The molecular weight excluding hydrogens is 330 g/mol. The average molecular weight is 351 g/mol. The van der Waals surface area contributed by atoms with Crippen LogP contribution in [0.2, 0.25) is 0 Å². The van der Waals surface area contributed by atoms with Crippen molar-refractivity contribution in [3.05, 3.63) is 58.5 Å². The fourth-order valence-electron chi connectivity index (χ4n) is 2.64. The number of carbonyl (C=O) groups is 1. The van der Waals surface area contributed by atoms with Crippen LogP contribution in [0.5, 0.6) is 0 Å². The average Bonchev–Trinajstić information content (AvgIpc) is 2.59. The largest absolute Gasteiger partial charge is 0.323 e. The summed E-state index contributed by atoms with van der Waals surface area (Å²) in [6, 6.07) is 7.15.